The number of likely N-dealkylation sites (tertiary alicyclic amines) is 1. The Balaban J connectivity index is 1.95. The number of nitrogens with one attached hydrogen (secondary N) is 2. The Labute approximate surface area is 138 Å². The molecule has 0 aliphatic carbocycles. The van der Waals surface area contributed by atoms with Crippen LogP contribution in [0.15, 0.2) is 30.3 Å². The molecule has 2 rings (SSSR count). The SMILES string of the molecule is CC1CCN(C(=O)C(NC(=O)Nc2ccccc2)C(C)C)CC1. The number of anilines is 1. The van der Waals surface area contributed by atoms with Gasteiger partial charge in [-0.25, -0.2) is 4.79 Å². The average molecular weight is 317 g/mol. The Kier molecular flexibility index (Phi) is 6.02. The number of nitrogens with zero attached hydrogens (tertiary/aromatic N) is 1. The van der Waals surface area contributed by atoms with Gasteiger partial charge >= 0.3 is 6.03 Å². The van der Waals surface area contributed by atoms with E-state index in [1.165, 1.54) is 0 Å². The summed E-state index contributed by atoms with van der Waals surface area (Å²) < 4.78 is 0. The average Bonchev–Trinajstić information content (AvgIpc) is 2.53. The molecule has 1 aliphatic heterocycles. The summed E-state index contributed by atoms with van der Waals surface area (Å²) in [6.07, 6.45) is 2.07. The highest BCUT2D eigenvalue weighted by molar-refractivity contribution is 5.93. The second-order valence-corrected chi connectivity index (χ2v) is 6.69. The lowest BCUT2D eigenvalue weighted by Gasteiger charge is -2.34. The maximum absolute atomic E-state index is 12.7. The Morgan fingerprint density at radius 2 is 1.74 bits per heavy atom. The summed E-state index contributed by atoms with van der Waals surface area (Å²) >= 11 is 0. The van der Waals surface area contributed by atoms with Gasteiger partial charge in [-0.05, 0) is 36.8 Å². The molecule has 1 saturated heterocycles. The van der Waals surface area contributed by atoms with Crippen LogP contribution in [0.2, 0.25) is 0 Å². The molecule has 1 fully saturated rings. The summed E-state index contributed by atoms with van der Waals surface area (Å²) in [4.78, 5) is 26.8. The van der Waals surface area contributed by atoms with Gasteiger partial charge in [0.05, 0.1) is 0 Å². The van der Waals surface area contributed by atoms with Crippen LogP contribution >= 0.6 is 0 Å². The summed E-state index contributed by atoms with van der Waals surface area (Å²) in [7, 11) is 0. The molecule has 1 aliphatic rings. The number of benzene rings is 1. The molecule has 0 saturated carbocycles. The van der Waals surface area contributed by atoms with Crippen molar-refractivity contribution in [2.75, 3.05) is 18.4 Å². The number of urea groups is 1. The monoisotopic (exact) mass is 317 g/mol. The molecule has 0 radical (unpaired) electrons. The Hall–Kier alpha value is -2.04. The zero-order chi connectivity index (χ0) is 16.8. The van der Waals surface area contributed by atoms with Gasteiger partial charge in [-0.1, -0.05) is 39.0 Å². The van der Waals surface area contributed by atoms with Crippen molar-refractivity contribution in [1.29, 1.82) is 0 Å². The summed E-state index contributed by atoms with van der Waals surface area (Å²) in [6.45, 7) is 7.69. The lowest BCUT2D eigenvalue weighted by molar-refractivity contribution is -0.135. The summed E-state index contributed by atoms with van der Waals surface area (Å²) in [5, 5.41) is 5.60. The second-order valence-electron chi connectivity index (χ2n) is 6.69. The van der Waals surface area contributed by atoms with Gasteiger partial charge in [-0.3, -0.25) is 4.79 Å². The molecule has 5 heteroatoms. The third-order valence-electron chi connectivity index (χ3n) is 4.35. The molecule has 1 aromatic carbocycles. The molecule has 0 aromatic heterocycles. The van der Waals surface area contributed by atoms with Crippen LogP contribution in [0.1, 0.15) is 33.6 Å². The normalized spacial score (nSPS) is 17.0. The highest BCUT2D eigenvalue weighted by Crippen LogP contribution is 2.18. The van der Waals surface area contributed by atoms with Crippen molar-refractivity contribution >= 4 is 17.6 Å². The van der Waals surface area contributed by atoms with Crippen LogP contribution in [0, 0.1) is 11.8 Å². The zero-order valence-corrected chi connectivity index (χ0v) is 14.2. The van der Waals surface area contributed by atoms with E-state index in [0.717, 1.165) is 25.9 Å². The molecule has 1 aromatic rings. The van der Waals surface area contributed by atoms with E-state index in [1.807, 2.05) is 49.1 Å². The molecule has 23 heavy (non-hydrogen) atoms. The van der Waals surface area contributed by atoms with E-state index in [0.29, 0.717) is 11.6 Å². The first kappa shape index (κ1) is 17.3. The number of carbonyl (C=O) groups is 2. The van der Waals surface area contributed by atoms with Crippen LogP contribution in [0.25, 0.3) is 0 Å². The highest BCUT2D eigenvalue weighted by Gasteiger charge is 2.30. The number of amides is 3. The van der Waals surface area contributed by atoms with Gasteiger partial charge in [0.2, 0.25) is 5.91 Å². The number of piperidine rings is 1. The van der Waals surface area contributed by atoms with Crippen LogP contribution in [0.3, 0.4) is 0 Å². The molecule has 5 nitrogen and oxygen atoms in total. The fraction of sp³-hybridized carbons (Fsp3) is 0.556. The van der Waals surface area contributed by atoms with Crippen LogP contribution in [0.5, 0.6) is 0 Å². The topological polar surface area (TPSA) is 61.4 Å². The van der Waals surface area contributed by atoms with E-state index in [4.69, 9.17) is 0 Å². The van der Waals surface area contributed by atoms with E-state index in [9.17, 15) is 9.59 Å². The van der Waals surface area contributed by atoms with Gasteiger partial charge in [0.1, 0.15) is 6.04 Å². The number of carbonyl (C=O) groups excluding carboxylic acids is 2. The van der Waals surface area contributed by atoms with Crippen molar-refractivity contribution < 1.29 is 9.59 Å². The fourth-order valence-electron chi connectivity index (χ4n) is 2.77. The molecule has 1 heterocycles. The first-order chi connectivity index (χ1) is 11.0. The smallest absolute Gasteiger partial charge is 0.319 e. The minimum absolute atomic E-state index is 0.0233. The van der Waals surface area contributed by atoms with Crippen molar-refractivity contribution in [2.24, 2.45) is 11.8 Å². The van der Waals surface area contributed by atoms with Crippen LogP contribution < -0.4 is 10.6 Å². The second kappa shape index (κ2) is 7.99. The van der Waals surface area contributed by atoms with Gasteiger partial charge < -0.3 is 15.5 Å². The number of para-hydroxylation sites is 1. The van der Waals surface area contributed by atoms with Gasteiger partial charge in [0.25, 0.3) is 0 Å². The minimum atomic E-state index is -0.493. The van der Waals surface area contributed by atoms with Crippen molar-refractivity contribution in [3.05, 3.63) is 30.3 Å². The summed E-state index contributed by atoms with van der Waals surface area (Å²) in [5.74, 6) is 0.740. The van der Waals surface area contributed by atoms with E-state index < -0.39 is 6.04 Å². The first-order valence-corrected chi connectivity index (χ1v) is 8.38. The highest BCUT2D eigenvalue weighted by atomic mass is 16.2. The zero-order valence-electron chi connectivity index (χ0n) is 14.2. The molecule has 2 N–H and O–H groups in total. The standard InChI is InChI=1S/C18H27N3O2/c1-13(2)16(17(22)21-11-9-14(3)10-12-21)20-18(23)19-15-7-5-4-6-8-15/h4-8,13-14,16H,9-12H2,1-3H3,(H2,19,20,23). The molecule has 0 bridgehead atoms. The summed E-state index contributed by atoms with van der Waals surface area (Å²) in [5.41, 5.74) is 0.715. The summed E-state index contributed by atoms with van der Waals surface area (Å²) in [6, 6.07) is 8.41. The quantitative estimate of drug-likeness (QED) is 0.896. The van der Waals surface area contributed by atoms with Crippen LogP contribution in [-0.4, -0.2) is 36.0 Å². The molecule has 126 valence electrons. The van der Waals surface area contributed by atoms with Crippen LogP contribution in [-0.2, 0) is 4.79 Å². The number of hydrogen-bond acceptors (Lipinski definition) is 2. The van der Waals surface area contributed by atoms with Crippen molar-refractivity contribution in [2.45, 2.75) is 39.7 Å². The number of hydrogen-bond donors (Lipinski definition) is 2. The largest absolute Gasteiger partial charge is 0.341 e. The lowest BCUT2D eigenvalue weighted by atomic mass is 9.96. The van der Waals surface area contributed by atoms with Gasteiger partial charge in [-0.15, -0.1) is 0 Å². The molecule has 1 atom stereocenters. The minimum Gasteiger partial charge on any atom is -0.341 e. The van der Waals surface area contributed by atoms with E-state index in [1.54, 1.807) is 0 Å². The van der Waals surface area contributed by atoms with Gasteiger partial charge in [0, 0.05) is 18.8 Å². The number of rotatable bonds is 4. The molecule has 3 amide bonds. The molecular weight excluding hydrogens is 290 g/mol. The fourth-order valence-corrected chi connectivity index (χ4v) is 2.77. The van der Waals surface area contributed by atoms with E-state index in [-0.39, 0.29) is 17.9 Å². The predicted molar refractivity (Wildman–Crippen MR) is 92.2 cm³/mol. The molecule has 0 spiro atoms. The third-order valence-corrected chi connectivity index (χ3v) is 4.35. The maximum atomic E-state index is 12.7. The first-order valence-electron chi connectivity index (χ1n) is 8.38. The van der Waals surface area contributed by atoms with Crippen molar-refractivity contribution in [3.8, 4) is 0 Å². The van der Waals surface area contributed by atoms with Crippen molar-refractivity contribution in [3.63, 3.8) is 0 Å². The third kappa shape index (κ3) is 4.98. The van der Waals surface area contributed by atoms with E-state index >= 15 is 0 Å². The van der Waals surface area contributed by atoms with Gasteiger partial charge in [0.15, 0.2) is 0 Å². The Morgan fingerprint density at radius 1 is 1.13 bits per heavy atom. The maximum Gasteiger partial charge on any atom is 0.319 e. The molecule has 1 unspecified atom stereocenters. The van der Waals surface area contributed by atoms with Crippen molar-refractivity contribution in [1.82, 2.24) is 10.2 Å². The molecular formula is C18H27N3O2. The predicted octanol–water partition coefficient (Wildman–Crippen LogP) is 3.09. The van der Waals surface area contributed by atoms with Crippen LogP contribution in [0.4, 0.5) is 10.5 Å². The van der Waals surface area contributed by atoms with Gasteiger partial charge in [-0.2, -0.15) is 0 Å². The lowest BCUT2D eigenvalue weighted by Crippen LogP contribution is -2.53. The Morgan fingerprint density at radius 3 is 2.30 bits per heavy atom. The van der Waals surface area contributed by atoms with E-state index in [2.05, 4.69) is 17.6 Å². The Bertz CT molecular complexity index is 522.